The number of ether oxygens (including phenoxy) is 1. The van der Waals surface area contributed by atoms with E-state index in [1.54, 1.807) is 25.1 Å². The van der Waals surface area contributed by atoms with Crippen molar-refractivity contribution in [1.29, 1.82) is 0 Å². The summed E-state index contributed by atoms with van der Waals surface area (Å²) in [6.45, 7) is 5.77. The number of rotatable bonds is 4. The van der Waals surface area contributed by atoms with Crippen molar-refractivity contribution in [3.63, 3.8) is 0 Å². The Labute approximate surface area is 184 Å². The molecule has 0 aliphatic carbocycles. The molecule has 0 spiro atoms. The molecule has 1 aromatic heterocycles. The zero-order chi connectivity index (χ0) is 23.2. The van der Waals surface area contributed by atoms with E-state index >= 15 is 0 Å². The predicted octanol–water partition coefficient (Wildman–Crippen LogP) is 4.16. The van der Waals surface area contributed by atoms with Crippen molar-refractivity contribution < 1.29 is 29.6 Å². The normalized spacial score (nSPS) is 22.3. The van der Waals surface area contributed by atoms with Crippen LogP contribution in [0.5, 0.6) is 17.2 Å². The van der Waals surface area contributed by atoms with Crippen molar-refractivity contribution in [2.24, 2.45) is 0 Å². The second-order valence-electron chi connectivity index (χ2n) is 8.69. The fourth-order valence-corrected chi connectivity index (χ4v) is 4.12. The topological polar surface area (TPSA) is 120 Å². The molecule has 0 amide bonds. The summed E-state index contributed by atoms with van der Waals surface area (Å²) in [5.41, 5.74) is 0.747. The summed E-state index contributed by atoms with van der Waals surface area (Å²) in [5.74, 6) is -0.176. The second-order valence-corrected chi connectivity index (χ2v) is 8.69. The molecule has 2 heterocycles. The van der Waals surface area contributed by atoms with Crippen LogP contribution in [0.4, 0.5) is 0 Å². The SMILES string of the molecule is CC(C)=CCCC1(C)Oc2ccc(-c3coc4cc(O)cc(O)c4c3=O)cc2C(O)C1O. The Morgan fingerprint density at radius 1 is 1.16 bits per heavy atom. The van der Waals surface area contributed by atoms with Crippen LogP contribution in [0.3, 0.4) is 0 Å². The predicted molar refractivity (Wildman–Crippen MR) is 120 cm³/mol. The Morgan fingerprint density at radius 2 is 1.91 bits per heavy atom. The van der Waals surface area contributed by atoms with Crippen molar-refractivity contribution in [2.75, 3.05) is 0 Å². The highest BCUT2D eigenvalue weighted by Crippen LogP contribution is 2.43. The molecule has 0 saturated heterocycles. The average Bonchev–Trinajstić information content (AvgIpc) is 2.71. The number of aliphatic hydroxyl groups is 2. The van der Waals surface area contributed by atoms with Gasteiger partial charge in [-0.2, -0.15) is 0 Å². The molecule has 0 fully saturated rings. The Morgan fingerprint density at radius 3 is 2.62 bits per heavy atom. The zero-order valence-electron chi connectivity index (χ0n) is 18.1. The molecule has 0 saturated carbocycles. The molecule has 3 atom stereocenters. The first-order valence-electron chi connectivity index (χ1n) is 10.4. The van der Waals surface area contributed by atoms with Crippen LogP contribution in [0, 0.1) is 0 Å². The Balaban J connectivity index is 1.74. The maximum atomic E-state index is 13.0. The lowest BCUT2D eigenvalue weighted by atomic mass is 9.83. The van der Waals surface area contributed by atoms with Gasteiger partial charge in [-0.05, 0) is 51.3 Å². The average molecular weight is 438 g/mol. The van der Waals surface area contributed by atoms with E-state index < -0.39 is 23.2 Å². The molecule has 4 rings (SSSR count). The molecule has 1 aliphatic heterocycles. The third-order valence-electron chi connectivity index (χ3n) is 5.94. The molecule has 3 aromatic rings. The number of phenols is 2. The summed E-state index contributed by atoms with van der Waals surface area (Å²) in [6.07, 6.45) is 2.16. The molecule has 0 radical (unpaired) electrons. The zero-order valence-corrected chi connectivity index (χ0v) is 18.1. The number of hydrogen-bond donors (Lipinski definition) is 4. The molecule has 0 bridgehead atoms. The first-order valence-corrected chi connectivity index (χ1v) is 10.4. The molecule has 1 aliphatic rings. The van der Waals surface area contributed by atoms with Gasteiger partial charge in [-0.1, -0.05) is 17.7 Å². The van der Waals surface area contributed by atoms with Gasteiger partial charge < -0.3 is 29.6 Å². The number of hydrogen-bond acceptors (Lipinski definition) is 7. The summed E-state index contributed by atoms with van der Waals surface area (Å²) in [4.78, 5) is 13.0. The van der Waals surface area contributed by atoms with E-state index in [-0.39, 0.29) is 28.0 Å². The summed E-state index contributed by atoms with van der Waals surface area (Å²) in [7, 11) is 0. The third kappa shape index (κ3) is 3.74. The summed E-state index contributed by atoms with van der Waals surface area (Å²) in [6, 6.07) is 7.21. The first kappa shape index (κ1) is 21.9. The fourth-order valence-electron chi connectivity index (χ4n) is 4.12. The van der Waals surface area contributed by atoms with E-state index in [0.29, 0.717) is 29.7 Å². The van der Waals surface area contributed by atoms with Crippen LogP contribution in [0.25, 0.3) is 22.1 Å². The minimum absolute atomic E-state index is 0.0540. The van der Waals surface area contributed by atoms with Gasteiger partial charge in [-0.3, -0.25) is 4.79 Å². The molecule has 168 valence electrons. The standard InChI is InChI=1S/C25H26O7/c1-13(2)5-4-8-25(3)24(30)23(29)16-9-14(6-7-19(16)32-25)17-12-31-20-11-15(26)10-18(27)21(20)22(17)28/h5-7,9-12,23-24,26-27,29-30H,4,8H2,1-3H3. The van der Waals surface area contributed by atoms with Crippen LogP contribution in [0.15, 0.2) is 57.5 Å². The van der Waals surface area contributed by atoms with Gasteiger partial charge in [-0.15, -0.1) is 0 Å². The van der Waals surface area contributed by atoms with Crippen LogP contribution >= 0.6 is 0 Å². The van der Waals surface area contributed by atoms with Gasteiger partial charge in [0.1, 0.15) is 52.3 Å². The third-order valence-corrected chi connectivity index (χ3v) is 5.94. The second kappa shape index (κ2) is 8.00. The Hall–Kier alpha value is -3.29. The van der Waals surface area contributed by atoms with E-state index in [1.165, 1.54) is 17.9 Å². The monoisotopic (exact) mass is 438 g/mol. The summed E-state index contributed by atoms with van der Waals surface area (Å²) >= 11 is 0. The van der Waals surface area contributed by atoms with Gasteiger partial charge in [0.05, 0.1) is 5.56 Å². The smallest absolute Gasteiger partial charge is 0.204 e. The maximum absolute atomic E-state index is 13.0. The molecular formula is C25H26O7. The van der Waals surface area contributed by atoms with E-state index in [2.05, 4.69) is 6.08 Å². The molecule has 7 heteroatoms. The Kier molecular flexibility index (Phi) is 5.48. The fraction of sp³-hybridized carbons (Fsp3) is 0.320. The van der Waals surface area contributed by atoms with Gasteiger partial charge in [-0.25, -0.2) is 0 Å². The van der Waals surface area contributed by atoms with E-state index in [0.717, 1.165) is 6.07 Å². The number of aromatic hydroxyl groups is 2. The molecular weight excluding hydrogens is 412 g/mol. The van der Waals surface area contributed by atoms with E-state index in [1.807, 2.05) is 13.8 Å². The van der Waals surface area contributed by atoms with Crippen LogP contribution in [-0.2, 0) is 0 Å². The van der Waals surface area contributed by atoms with Crippen LogP contribution < -0.4 is 10.2 Å². The number of fused-ring (bicyclic) bond motifs is 2. The highest BCUT2D eigenvalue weighted by Gasteiger charge is 2.45. The summed E-state index contributed by atoms with van der Waals surface area (Å²) in [5, 5.41) is 41.3. The lowest BCUT2D eigenvalue weighted by Crippen LogP contribution is -2.51. The maximum Gasteiger partial charge on any atom is 0.204 e. The molecule has 4 N–H and O–H groups in total. The number of allylic oxidation sites excluding steroid dienone is 2. The molecule has 7 nitrogen and oxygen atoms in total. The first-order chi connectivity index (χ1) is 15.1. The van der Waals surface area contributed by atoms with Crippen molar-refractivity contribution in [3.8, 4) is 28.4 Å². The molecule has 2 aromatic carbocycles. The van der Waals surface area contributed by atoms with E-state index in [4.69, 9.17) is 9.15 Å². The highest BCUT2D eigenvalue weighted by atomic mass is 16.5. The summed E-state index contributed by atoms with van der Waals surface area (Å²) < 4.78 is 11.6. The van der Waals surface area contributed by atoms with Gasteiger partial charge in [0.15, 0.2) is 0 Å². The van der Waals surface area contributed by atoms with Crippen molar-refractivity contribution in [3.05, 3.63) is 64.0 Å². The van der Waals surface area contributed by atoms with Gasteiger partial charge >= 0.3 is 0 Å². The number of aliphatic hydroxyl groups excluding tert-OH is 2. The van der Waals surface area contributed by atoms with Crippen molar-refractivity contribution in [1.82, 2.24) is 0 Å². The Bertz CT molecular complexity index is 1270. The highest BCUT2D eigenvalue weighted by molar-refractivity contribution is 5.88. The minimum atomic E-state index is -1.20. The van der Waals surface area contributed by atoms with Crippen LogP contribution in [0.2, 0.25) is 0 Å². The van der Waals surface area contributed by atoms with E-state index in [9.17, 15) is 25.2 Å². The van der Waals surface area contributed by atoms with Crippen molar-refractivity contribution >= 4 is 11.0 Å². The number of benzene rings is 2. The van der Waals surface area contributed by atoms with Crippen molar-refractivity contribution in [2.45, 2.75) is 51.4 Å². The lowest BCUT2D eigenvalue weighted by Gasteiger charge is -2.42. The molecule has 3 unspecified atom stereocenters. The van der Waals surface area contributed by atoms with Crippen LogP contribution in [-0.4, -0.2) is 32.1 Å². The lowest BCUT2D eigenvalue weighted by molar-refractivity contribution is -0.123. The van der Waals surface area contributed by atoms with Gasteiger partial charge in [0.25, 0.3) is 0 Å². The van der Waals surface area contributed by atoms with Crippen LogP contribution in [0.1, 0.15) is 45.3 Å². The minimum Gasteiger partial charge on any atom is -0.508 e. The number of phenolic OH excluding ortho intramolecular Hbond substituents is 2. The quantitative estimate of drug-likeness (QED) is 0.451. The molecule has 32 heavy (non-hydrogen) atoms. The van der Waals surface area contributed by atoms with Gasteiger partial charge in [0.2, 0.25) is 5.43 Å². The van der Waals surface area contributed by atoms with Gasteiger partial charge in [0, 0.05) is 17.7 Å². The largest absolute Gasteiger partial charge is 0.508 e.